The number of carbonyl (C=O) groups excluding carboxylic acids is 2. The van der Waals surface area contributed by atoms with E-state index in [0.29, 0.717) is 13.1 Å². The quantitative estimate of drug-likeness (QED) is 0.783. The van der Waals surface area contributed by atoms with Crippen LogP contribution in [0.2, 0.25) is 0 Å². The molecule has 140 valence electrons. The van der Waals surface area contributed by atoms with Gasteiger partial charge in [0.1, 0.15) is 6.04 Å². The Balaban J connectivity index is 1.59. The van der Waals surface area contributed by atoms with Crippen LogP contribution in [0.25, 0.3) is 0 Å². The van der Waals surface area contributed by atoms with Crippen molar-refractivity contribution in [2.24, 2.45) is 5.92 Å². The van der Waals surface area contributed by atoms with Crippen LogP contribution in [0, 0.1) is 5.92 Å². The van der Waals surface area contributed by atoms with Gasteiger partial charge in [0.15, 0.2) is 0 Å². The number of aliphatic carboxylic acids is 1. The second kappa shape index (κ2) is 8.49. The highest BCUT2D eigenvalue weighted by atomic mass is 16.4. The maximum Gasteiger partial charge on any atom is 0.326 e. The molecule has 27 heavy (non-hydrogen) atoms. The van der Waals surface area contributed by atoms with E-state index < -0.39 is 17.9 Å². The molecule has 1 aliphatic rings. The maximum atomic E-state index is 12.5. The van der Waals surface area contributed by atoms with Gasteiger partial charge in [-0.25, -0.2) is 4.79 Å². The Kier molecular flexibility index (Phi) is 5.86. The van der Waals surface area contributed by atoms with Gasteiger partial charge in [-0.1, -0.05) is 60.7 Å². The van der Waals surface area contributed by atoms with Crippen LogP contribution in [-0.4, -0.2) is 40.4 Å². The molecule has 0 saturated carbocycles. The first-order chi connectivity index (χ1) is 13.0. The highest BCUT2D eigenvalue weighted by Crippen LogP contribution is 2.20. The van der Waals surface area contributed by atoms with Gasteiger partial charge in [0.25, 0.3) is 0 Å². The second-order valence-corrected chi connectivity index (χ2v) is 6.75. The van der Waals surface area contributed by atoms with Crippen molar-refractivity contribution in [2.75, 3.05) is 6.54 Å². The van der Waals surface area contributed by atoms with Crippen molar-refractivity contribution in [1.29, 1.82) is 0 Å². The molecule has 0 aromatic heterocycles. The molecule has 3 rings (SSSR count). The van der Waals surface area contributed by atoms with Crippen LogP contribution in [0.4, 0.5) is 0 Å². The lowest BCUT2D eigenvalue weighted by Crippen LogP contribution is -2.45. The minimum Gasteiger partial charge on any atom is -0.480 e. The van der Waals surface area contributed by atoms with Crippen molar-refractivity contribution < 1.29 is 19.5 Å². The van der Waals surface area contributed by atoms with Gasteiger partial charge in [-0.2, -0.15) is 0 Å². The van der Waals surface area contributed by atoms with Crippen LogP contribution in [0.1, 0.15) is 17.5 Å². The van der Waals surface area contributed by atoms with Crippen LogP contribution in [-0.2, 0) is 27.3 Å². The summed E-state index contributed by atoms with van der Waals surface area (Å²) in [6, 6.07) is 17.7. The number of carboxylic acid groups (broad SMARTS) is 1. The number of hydrogen-bond donors (Lipinski definition) is 2. The molecule has 2 aromatic rings. The summed E-state index contributed by atoms with van der Waals surface area (Å²) in [6.07, 6.45) is 0.312. The van der Waals surface area contributed by atoms with Gasteiger partial charge in [0.05, 0.1) is 5.92 Å². The topological polar surface area (TPSA) is 86.7 Å². The lowest BCUT2D eigenvalue weighted by molar-refractivity contribution is -0.142. The summed E-state index contributed by atoms with van der Waals surface area (Å²) < 4.78 is 0. The van der Waals surface area contributed by atoms with Gasteiger partial charge in [-0.3, -0.25) is 9.59 Å². The Labute approximate surface area is 157 Å². The van der Waals surface area contributed by atoms with E-state index in [1.54, 1.807) is 4.90 Å². The molecule has 1 heterocycles. The molecule has 1 aliphatic heterocycles. The molecule has 0 bridgehead atoms. The average Bonchev–Trinajstić information content (AvgIpc) is 3.03. The van der Waals surface area contributed by atoms with Gasteiger partial charge in [0.2, 0.25) is 11.8 Å². The zero-order valence-corrected chi connectivity index (χ0v) is 14.9. The first-order valence-electron chi connectivity index (χ1n) is 8.91. The normalized spacial score (nSPS) is 17.6. The minimum absolute atomic E-state index is 0.0889. The number of benzene rings is 2. The van der Waals surface area contributed by atoms with Crippen LogP contribution < -0.4 is 5.32 Å². The van der Waals surface area contributed by atoms with E-state index in [9.17, 15) is 19.5 Å². The summed E-state index contributed by atoms with van der Waals surface area (Å²) in [5.41, 5.74) is 1.83. The van der Waals surface area contributed by atoms with E-state index >= 15 is 0 Å². The second-order valence-electron chi connectivity index (χ2n) is 6.75. The molecular formula is C21H22N2O4. The number of amides is 2. The lowest BCUT2D eigenvalue weighted by atomic mass is 10.0. The van der Waals surface area contributed by atoms with Crippen molar-refractivity contribution in [3.8, 4) is 0 Å². The molecule has 0 aliphatic carbocycles. The fourth-order valence-electron chi connectivity index (χ4n) is 3.24. The molecule has 6 nitrogen and oxygen atoms in total. The van der Waals surface area contributed by atoms with Crippen LogP contribution in [0.3, 0.4) is 0 Å². The van der Waals surface area contributed by atoms with Crippen molar-refractivity contribution in [2.45, 2.75) is 25.4 Å². The summed E-state index contributed by atoms with van der Waals surface area (Å²) in [5, 5.41) is 12.0. The Hall–Kier alpha value is -3.15. The smallest absolute Gasteiger partial charge is 0.326 e. The van der Waals surface area contributed by atoms with E-state index in [4.69, 9.17) is 0 Å². The van der Waals surface area contributed by atoms with E-state index in [-0.39, 0.29) is 24.7 Å². The highest BCUT2D eigenvalue weighted by molar-refractivity contribution is 5.91. The van der Waals surface area contributed by atoms with E-state index in [2.05, 4.69) is 5.32 Å². The monoisotopic (exact) mass is 366 g/mol. The largest absolute Gasteiger partial charge is 0.480 e. The first kappa shape index (κ1) is 18.6. The van der Waals surface area contributed by atoms with E-state index in [1.807, 2.05) is 60.7 Å². The standard InChI is InChI=1S/C21H22N2O4/c24-19-12-17(14-23(19)13-16-9-5-2-6-10-16)20(25)22-18(21(26)27)11-15-7-3-1-4-8-15/h1-10,17-18H,11-14H2,(H,22,25)(H,26,27)/t17?,18-/m0/s1. The third-order valence-electron chi connectivity index (χ3n) is 4.70. The SMILES string of the molecule is O=C(N[C@@H](Cc1ccccc1)C(=O)O)C1CC(=O)N(Cc2ccccc2)C1. The molecule has 2 N–H and O–H groups in total. The van der Waals surface area contributed by atoms with Crippen LogP contribution in [0.15, 0.2) is 60.7 Å². The van der Waals surface area contributed by atoms with Crippen LogP contribution in [0.5, 0.6) is 0 Å². The van der Waals surface area contributed by atoms with Crippen LogP contribution >= 0.6 is 0 Å². The Bertz CT molecular complexity index is 807. The summed E-state index contributed by atoms with van der Waals surface area (Å²) in [4.78, 5) is 38.0. The summed E-state index contributed by atoms with van der Waals surface area (Å²) in [7, 11) is 0. The number of rotatable bonds is 7. The van der Waals surface area contributed by atoms with Gasteiger partial charge < -0.3 is 15.3 Å². The fourth-order valence-corrected chi connectivity index (χ4v) is 3.24. The molecule has 2 atom stereocenters. The average molecular weight is 366 g/mol. The van der Waals surface area contributed by atoms with Crippen molar-refractivity contribution in [1.82, 2.24) is 10.2 Å². The molecule has 1 fully saturated rings. The third kappa shape index (κ3) is 4.94. The predicted molar refractivity (Wildman–Crippen MR) is 99.7 cm³/mol. The molecule has 2 aromatic carbocycles. The fraction of sp³-hybridized carbons (Fsp3) is 0.286. The van der Waals surface area contributed by atoms with Crippen molar-refractivity contribution in [3.63, 3.8) is 0 Å². The number of carbonyl (C=O) groups is 3. The number of nitrogens with one attached hydrogen (secondary N) is 1. The van der Waals surface area contributed by atoms with Gasteiger partial charge in [-0.15, -0.1) is 0 Å². The summed E-state index contributed by atoms with van der Waals surface area (Å²) >= 11 is 0. The Morgan fingerprint density at radius 2 is 1.63 bits per heavy atom. The van der Waals surface area contributed by atoms with Gasteiger partial charge in [0, 0.05) is 25.9 Å². The zero-order valence-electron chi connectivity index (χ0n) is 14.9. The number of likely N-dealkylation sites (tertiary alicyclic amines) is 1. The molecule has 0 spiro atoms. The molecule has 6 heteroatoms. The number of carboxylic acids is 1. The molecule has 0 radical (unpaired) electrons. The van der Waals surface area contributed by atoms with E-state index in [0.717, 1.165) is 11.1 Å². The first-order valence-corrected chi connectivity index (χ1v) is 8.91. The van der Waals surface area contributed by atoms with E-state index in [1.165, 1.54) is 0 Å². The summed E-state index contributed by atoms with van der Waals surface area (Å²) in [5.74, 6) is -2.09. The molecule has 1 saturated heterocycles. The number of nitrogens with zero attached hydrogens (tertiary/aromatic N) is 1. The molecular weight excluding hydrogens is 344 g/mol. The lowest BCUT2D eigenvalue weighted by Gasteiger charge is -2.19. The zero-order chi connectivity index (χ0) is 19.2. The Morgan fingerprint density at radius 3 is 2.22 bits per heavy atom. The van der Waals surface area contributed by atoms with Crippen molar-refractivity contribution in [3.05, 3.63) is 71.8 Å². The molecule has 1 unspecified atom stereocenters. The highest BCUT2D eigenvalue weighted by Gasteiger charge is 2.35. The summed E-state index contributed by atoms with van der Waals surface area (Å²) in [6.45, 7) is 0.757. The minimum atomic E-state index is -1.09. The third-order valence-corrected chi connectivity index (χ3v) is 4.70. The predicted octanol–water partition coefficient (Wildman–Crippen LogP) is 1.85. The van der Waals surface area contributed by atoms with Gasteiger partial charge in [-0.05, 0) is 11.1 Å². The van der Waals surface area contributed by atoms with Gasteiger partial charge >= 0.3 is 5.97 Å². The number of hydrogen-bond acceptors (Lipinski definition) is 3. The Morgan fingerprint density at radius 1 is 1.04 bits per heavy atom. The van der Waals surface area contributed by atoms with Crippen molar-refractivity contribution >= 4 is 17.8 Å². The molecule has 2 amide bonds. The maximum absolute atomic E-state index is 12.5.